The Kier molecular flexibility index (Phi) is 3.37. The van der Waals surface area contributed by atoms with E-state index in [0.717, 1.165) is 23.6 Å². The molecule has 0 aromatic heterocycles. The van der Waals surface area contributed by atoms with Gasteiger partial charge in [-0.2, -0.15) is 0 Å². The number of rotatable bonds is 6. The molecular formula is C15H21NO3. The summed E-state index contributed by atoms with van der Waals surface area (Å²) in [5.74, 6) is 1.48. The van der Waals surface area contributed by atoms with Gasteiger partial charge >= 0.3 is 0 Å². The molecule has 1 aliphatic heterocycles. The number of ether oxygens (including phenoxy) is 2. The second-order valence-corrected chi connectivity index (χ2v) is 5.61. The molecule has 1 aromatic carbocycles. The standard InChI is InChI=1S/C15H21NO3/c1-2-15(5-6-15)9-16-8-12(17)11-3-4-13-14(7-11)19-10-18-13/h3-4,7,12,16-17H,2,5-6,8-10H2,1H3. The second kappa shape index (κ2) is 5.02. The Morgan fingerprint density at radius 2 is 2.11 bits per heavy atom. The van der Waals surface area contributed by atoms with Crippen LogP contribution in [0, 0.1) is 5.41 Å². The van der Waals surface area contributed by atoms with Gasteiger partial charge in [0, 0.05) is 13.1 Å². The molecule has 4 nitrogen and oxygen atoms in total. The second-order valence-electron chi connectivity index (χ2n) is 5.61. The maximum atomic E-state index is 10.2. The summed E-state index contributed by atoms with van der Waals surface area (Å²) < 4.78 is 10.6. The molecule has 0 spiro atoms. The van der Waals surface area contributed by atoms with Crippen molar-refractivity contribution in [3.63, 3.8) is 0 Å². The first-order valence-corrected chi connectivity index (χ1v) is 7.01. The molecule has 0 bridgehead atoms. The molecule has 1 fully saturated rings. The molecule has 19 heavy (non-hydrogen) atoms. The number of hydrogen-bond donors (Lipinski definition) is 2. The first kappa shape index (κ1) is 12.8. The van der Waals surface area contributed by atoms with Crippen LogP contribution in [-0.2, 0) is 0 Å². The number of hydrogen-bond acceptors (Lipinski definition) is 4. The molecule has 0 saturated heterocycles. The molecule has 104 valence electrons. The minimum atomic E-state index is -0.498. The van der Waals surface area contributed by atoms with Gasteiger partial charge in [-0.1, -0.05) is 13.0 Å². The summed E-state index contributed by atoms with van der Waals surface area (Å²) in [6.07, 6.45) is 3.36. The summed E-state index contributed by atoms with van der Waals surface area (Å²) in [5.41, 5.74) is 1.38. The van der Waals surface area contributed by atoms with Gasteiger partial charge in [-0.3, -0.25) is 0 Å². The summed E-state index contributed by atoms with van der Waals surface area (Å²) in [5, 5.41) is 13.6. The van der Waals surface area contributed by atoms with Crippen LogP contribution in [0.15, 0.2) is 18.2 Å². The first-order valence-electron chi connectivity index (χ1n) is 7.01. The maximum Gasteiger partial charge on any atom is 0.231 e. The Hall–Kier alpha value is -1.26. The molecule has 3 rings (SSSR count). The number of fused-ring (bicyclic) bond motifs is 1. The molecule has 4 heteroatoms. The van der Waals surface area contributed by atoms with Crippen LogP contribution in [0.25, 0.3) is 0 Å². The zero-order valence-corrected chi connectivity index (χ0v) is 11.3. The Labute approximate surface area is 113 Å². The van der Waals surface area contributed by atoms with Crippen LogP contribution >= 0.6 is 0 Å². The van der Waals surface area contributed by atoms with Gasteiger partial charge in [0.25, 0.3) is 0 Å². The highest BCUT2D eigenvalue weighted by atomic mass is 16.7. The van der Waals surface area contributed by atoms with Gasteiger partial charge < -0.3 is 19.9 Å². The van der Waals surface area contributed by atoms with Crippen LogP contribution in [0.3, 0.4) is 0 Å². The normalized spacial score (nSPS) is 20.3. The van der Waals surface area contributed by atoms with Crippen LogP contribution in [0.2, 0.25) is 0 Å². The minimum absolute atomic E-state index is 0.270. The van der Waals surface area contributed by atoms with Crippen LogP contribution in [0.1, 0.15) is 37.9 Å². The molecule has 0 amide bonds. The van der Waals surface area contributed by atoms with Gasteiger partial charge in [-0.15, -0.1) is 0 Å². The molecule has 1 unspecified atom stereocenters. The molecular weight excluding hydrogens is 242 g/mol. The van der Waals surface area contributed by atoms with E-state index in [9.17, 15) is 5.11 Å². The van der Waals surface area contributed by atoms with Crippen molar-refractivity contribution in [3.05, 3.63) is 23.8 Å². The molecule has 1 aromatic rings. The third kappa shape index (κ3) is 2.69. The van der Waals surface area contributed by atoms with Crippen molar-refractivity contribution in [1.29, 1.82) is 0 Å². The number of aliphatic hydroxyl groups is 1. The number of benzene rings is 1. The molecule has 0 radical (unpaired) electrons. The highest BCUT2D eigenvalue weighted by Crippen LogP contribution is 2.47. The van der Waals surface area contributed by atoms with Crippen LogP contribution < -0.4 is 14.8 Å². The molecule has 2 aliphatic rings. The Bertz CT molecular complexity index is 457. The summed E-state index contributed by atoms with van der Waals surface area (Å²) >= 11 is 0. The van der Waals surface area contributed by atoms with Gasteiger partial charge in [-0.05, 0) is 42.4 Å². The Morgan fingerprint density at radius 3 is 2.84 bits per heavy atom. The van der Waals surface area contributed by atoms with Crippen molar-refractivity contribution in [2.75, 3.05) is 19.9 Å². The van der Waals surface area contributed by atoms with Crippen molar-refractivity contribution in [3.8, 4) is 11.5 Å². The van der Waals surface area contributed by atoms with Gasteiger partial charge in [0.1, 0.15) is 0 Å². The van der Waals surface area contributed by atoms with E-state index < -0.39 is 6.10 Å². The summed E-state index contributed by atoms with van der Waals surface area (Å²) in [4.78, 5) is 0. The Morgan fingerprint density at radius 1 is 1.32 bits per heavy atom. The predicted molar refractivity (Wildman–Crippen MR) is 72.4 cm³/mol. The smallest absolute Gasteiger partial charge is 0.231 e. The molecule has 1 saturated carbocycles. The lowest BCUT2D eigenvalue weighted by Crippen LogP contribution is -2.28. The third-order valence-electron chi connectivity index (χ3n) is 4.33. The fourth-order valence-corrected chi connectivity index (χ4v) is 2.54. The molecule has 2 N–H and O–H groups in total. The van der Waals surface area contributed by atoms with E-state index in [1.165, 1.54) is 19.3 Å². The lowest BCUT2D eigenvalue weighted by atomic mass is 10.0. The van der Waals surface area contributed by atoms with E-state index in [1.54, 1.807) is 0 Å². The number of aliphatic hydroxyl groups excluding tert-OH is 1. The van der Waals surface area contributed by atoms with E-state index in [1.807, 2.05) is 18.2 Å². The van der Waals surface area contributed by atoms with Gasteiger partial charge in [-0.25, -0.2) is 0 Å². The van der Waals surface area contributed by atoms with Gasteiger partial charge in [0.15, 0.2) is 11.5 Å². The summed E-state index contributed by atoms with van der Waals surface area (Å²) in [7, 11) is 0. The lowest BCUT2D eigenvalue weighted by molar-refractivity contribution is 0.168. The van der Waals surface area contributed by atoms with Crippen molar-refractivity contribution >= 4 is 0 Å². The Balaban J connectivity index is 1.54. The highest BCUT2D eigenvalue weighted by Gasteiger charge is 2.39. The van der Waals surface area contributed by atoms with Crippen molar-refractivity contribution in [2.45, 2.75) is 32.3 Å². The quantitative estimate of drug-likeness (QED) is 0.826. The number of nitrogens with one attached hydrogen (secondary N) is 1. The van der Waals surface area contributed by atoms with Crippen LogP contribution in [-0.4, -0.2) is 25.0 Å². The monoisotopic (exact) mass is 263 g/mol. The summed E-state index contributed by atoms with van der Waals surface area (Å²) in [6.45, 7) is 4.10. The van der Waals surface area contributed by atoms with E-state index in [4.69, 9.17) is 9.47 Å². The third-order valence-corrected chi connectivity index (χ3v) is 4.33. The van der Waals surface area contributed by atoms with E-state index in [2.05, 4.69) is 12.2 Å². The molecule has 1 aliphatic carbocycles. The van der Waals surface area contributed by atoms with E-state index >= 15 is 0 Å². The first-order chi connectivity index (χ1) is 9.22. The fourth-order valence-electron chi connectivity index (χ4n) is 2.54. The van der Waals surface area contributed by atoms with Crippen molar-refractivity contribution < 1.29 is 14.6 Å². The predicted octanol–water partition coefficient (Wildman–Crippen LogP) is 2.23. The van der Waals surface area contributed by atoms with E-state index in [0.29, 0.717) is 12.0 Å². The minimum Gasteiger partial charge on any atom is -0.454 e. The molecule has 1 atom stereocenters. The zero-order chi connectivity index (χ0) is 13.3. The van der Waals surface area contributed by atoms with E-state index in [-0.39, 0.29) is 6.79 Å². The maximum absolute atomic E-state index is 10.2. The topological polar surface area (TPSA) is 50.7 Å². The van der Waals surface area contributed by atoms with Gasteiger partial charge in [0.05, 0.1) is 6.10 Å². The fraction of sp³-hybridized carbons (Fsp3) is 0.600. The highest BCUT2D eigenvalue weighted by molar-refractivity contribution is 5.45. The van der Waals surface area contributed by atoms with Crippen LogP contribution in [0.4, 0.5) is 0 Å². The largest absolute Gasteiger partial charge is 0.454 e. The van der Waals surface area contributed by atoms with Crippen LogP contribution in [0.5, 0.6) is 11.5 Å². The summed E-state index contributed by atoms with van der Waals surface area (Å²) in [6, 6.07) is 5.61. The lowest BCUT2D eigenvalue weighted by Gasteiger charge is -2.16. The zero-order valence-electron chi connectivity index (χ0n) is 11.3. The average Bonchev–Trinajstić information content (AvgIpc) is 3.06. The molecule has 1 heterocycles. The van der Waals surface area contributed by atoms with Crippen molar-refractivity contribution in [1.82, 2.24) is 5.32 Å². The average molecular weight is 263 g/mol. The van der Waals surface area contributed by atoms with Gasteiger partial charge in [0.2, 0.25) is 6.79 Å². The SMILES string of the molecule is CCC1(CNCC(O)c2ccc3c(c2)OCO3)CC1. The van der Waals surface area contributed by atoms with Crippen molar-refractivity contribution in [2.24, 2.45) is 5.41 Å².